The van der Waals surface area contributed by atoms with Gasteiger partial charge in [-0.2, -0.15) is 0 Å². The van der Waals surface area contributed by atoms with E-state index in [1.54, 1.807) is 5.56 Å². The lowest BCUT2D eigenvalue weighted by Crippen LogP contribution is -2.59. The molecule has 0 amide bonds. The first-order valence-corrected chi connectivity index (χ1v) is 17.2. The van der Waals surface area contributed by atoms with Gasteiger partial charge in [-0.15, -0.1) is 11.3 Å². The molecule has 2 aliphatic heterocycles. The lowest BCUT2D eigenvalue weighted by molar-refractivity contribution is 0.488. The fourth-order valence-electron chi connectivity index (χ4n) is 7.96. The molecule has 0 atom stereocenters. The van der Waals surface area contributed by atoms with E-state index in [9.17, 15) is 0 Å². The Morgan fingerprint density at radius 1 is 0.756 bits per heavy atom. The first kappa shape index (κ1) is 26.2. The topological polar surface area (TPSA) is 12.5 Å². The van der Waals surface area contributed by atoms with Gasteiger partial charge in [0.15, 0.2) is 0 Å². The van der Waals surface area contributed by atoms with E-state index in [1.807, 2.05) is 23.5 Å². The Morgan fingerprint density at radius 2 is 1.51 bits per heavy atom. The van der Waals surface area contributed by atoms with E-state index in [0.29, 0.717) is 6.04 Å². The van der Waals surface area contributed by atoms with Crippen molar-refractivity contribution in [3.8, 4) is 11.5 Å². The Bertz CT molecular complexity index is 2250. The van der Waals surface area contributed by atoms with Crippen molar-refractivity contribution in [1.29, 1.82) is 0 Å². The molecule has 4 heteroatoms. The van der Waals surface area contributed by atoms with Crippen LogP contribution in [-0.2, 0) is 23.7 Å². The minimum Gasteiger partial charge on any atom is -0.458 e. The van der Waals surface area contributed by atoms with Crippen molar-refractivity contribution in [1.82, 2.24) is 0 Å². The van der Waals surface area contributed by atoms with Crippen molar-refractivity contribution < 1.29 is 6.11 Å². The van der Waals surface area contributed by atoms with E-state index in [1.165, 1.54) is 72.7 Å². The molecule has 3 heterocycles. The third-order valence-corrected chi connectivity index (χ3v) is 11.6. The van der Waals surface area contributed by atoms with Crippen LogP contribution in [0.25, 0.3) is 20.2 Å². The van der Waals surface area contributed by atoms with Crippen LogP contribution >= 0.6 is 11.3 Å². The summed E-state index contributed by atoms with van der Waals surface area (Å²) >= 11 is 1.95. The zero-order chi connectivity index (χ0) is 31.7. The summed E-state index contributed by atoms with van der Waals surface area (Å²) in [6.45, 7) is 13.7. The van der Waals surface area contributed by atoms with Gasteiger partial charge >= 0.3 is 0 Å². The molecule has 45 heavy (non-hydrogen) atoms. The van der Waals surface area contributed by atoms with E-state index in [0.717, 1.165) is 28.3 Å². The Balaban J connectivity index is 1.36. The molecule has 0 bridgehead atoms. The second-order valence-corrected chi connectivity index (χ2v) is 16.2. The summed E-state index contributed by atoms with van der Waals surface area (Å²) in [6, 6.07) is 29.7. The maximum Gasteiger partial charge on any atom is 0.257 e. The lowest BCUT2D eigenvalue weighted by Gasteiger charge is -2.41. The summed E-state index contributed by atoms with van der Waals surface area (Å²) in [7, 11) is 0. The van der Waals surface area contributed by atoms with Crippen molar-refractivity contribution in [2.45, 2.75) is 71.6 Å². The maximum absolute atomic E-state index is 8.90. The third-order valence-electron chi connectivity index (χ3n) is 10.3. The average Bonchev–Trinajstić information content (AvgIpc) is 3.64. The number of aryl methyl sites for hydroxylation is 2. The van der Waals surface area contributed by atoms with Crippen molar-refractivity contribution >= 4 is 71.7 Å². The molecule has 222 valence electrons. The Hall–Kier alpha value is -4.02. The van der Waals surface area contributed by atoms with Crippen LogP contribution in [0.4, 0.5) is 17.1 Å². The van der Waals surface area contributed by atoms with Gasteiger partial charge in [-0.25, -0.2) is 0 Å². The summed E-state index contributed by atoms with van der Waals surface area (Å²) in [4.78, 5) is 2.37. The SMILES string of the molecule is [2H]c1cc2c3c(c1)N(c1ccc(C(C)(C)C)cc1)c1ccc(C(C)(C)C)cc1B3c1c(ccc3sc4c5c(ccc4c13)CCC5)O2. The first-order chi connectivity index (χ1) is 22.0. The minimum atomic E-state index is -0.00787. The van der Waals surface area contributed by atoms with Crippen LogP contribution in [0, 0.1) is 0 Å². The quantitative estimate of drug-likeness (QED) is 0.173. The zero-order valence-electron chi connectivity index (χ0n) is 28.0. The minimum absolute atomic E-state index is 0.00199. The second kappa shape index (κ2) is 9.27. The van der Waals surface area contributed by atoms with Gasteiger partial charge in [-0.1, -0.05) is 84.0 Å². The van der Waals surface area contributed by atoms with Gasteiger partial charge in [0, 0.05) is 31.8 Å². The molecule has 9 rings (SSSR count). The molecule has 5 aromatic carbocycles. The molecular formula is C41H38BNOS. The molecule has 0 unspecified atom stereocenters. The van der Waals surface area contributed by atoms with Crippen molar-refractivity contribution in [2.24, 2.45) is 0 Å². The van der Waals surface area contributed by atoms with Crippen molar-refractivity contribution in [3.63, 3.8) is 0 Å². The van der Waals surface area contributed by atoms with Crippen LogP contribution in [0.3, 0.4) is 0 Å². The third kappa shape index (κ3) is 3.94. The average molecular weight is 605 g/mol. The molecule has 0 spiro atoms. The standard InChI is InChI=1S/C41H38BNOS/c1-40(2,3)25-14-17-27(18-15-25)43-31-20-16-26(41(4,5)6)23-30(31)42-37-32(43)11-8-12-33(37)44-34-21-22-35-36(38(34)42)29-19-13-24-9-7-10-28(24)39(29)45-35/h8,11-23H,7,9-10H2,1-6H3/i8D. The van der Waals surface area contributed by atoms with Gasteiger partial charge in [0.25, 0.3) is 6.71 Å². The Morgan fingerprint density at radius 3 is 2.29 bits per heavy atom. The lowest BCUT2D eigenvalue weighted by atomic mass is 9.33. The van der Waals surface area contributed by atoms with E-state index in [-0.39, 0.29) is 17.5 Å². The van der Waals surface area contributed by atoms with Crippen LogP contribution in [0.2, 0.25) is 0 Å². The largest absolute Gasteiger partial charge is 0.458 e. The van der Waals surface area contributed by atoms with Gasteiger partial charge in [0.2, 0.25) is 0 Å². The molecule has 1 aliphatic carbocycles. The molecule has 0 N–H and O–H groups in total. The number of nitrogens with zero attached hydrogens (tertiary/aromatic N) is 1. The molecule has 3 aliphatic rings. The normalized spacial score (nSPS) is 15.5. The van der Waals surface area contributed by atoms with Crippen LogP contribution in [0.5, 0.6) is 11.5 Å². The molecule has 6 aromatic rings. The van der Waals surface area contributed by atoms with E-state index in [4.69, 9.17) is 6.11 Å². The fraction of sp³-hybridized carbons (Fsp3) is 0.268. The number of fused-ring (bicyclic) bond motifs is 10. The Labute approximate surface area is 272 Å². The zero-order valence-corrected chi connectivity index (χ0v) is 27.8. The maximum atomic E-state index is 8.90. The Kier molecular flexibility index (Phi) is 5.40. The number of ether oxygens (including phenoxy) is 1. The molecule has 0 saturated heterocycles. The van der Waals surface area contributed by atoms with Gasteiger partial charge in [0.1, 0.15) is 11.5 Å². The highest BCUT2D eigenvalue weighted by Gasteiger charge is 2.43. The number of anilines is 3. The molecule has 0 saturated carbocycles. The highest BCUT2D eigenvalue weighted by molar-refractivity contribution is 7.26. The summed E-state index contributed by atoms with van der Waals surface area (Å²) < 4.78 is 18.5. The van der Waals surface area contributed by atoms with Gasteiger partial charge in [-0.3, -0.25) is 0 Å². The predicted molar refractivity (Wildman–Crippen MR) is 195 cm³/mol. The highest BCUT2D eigenvalue weighted by atomic mass is 32.1. The van der Waals surface area contributed by atoms with Gasteiger partial charge in [-0.05, 0) is 117 Å². The van der Waals surface area contributed by atoms with Gasteiger partial charge < -0.3 is 9.64 Å². The molecule has 1 aromatic heterocycles. The second-order valence-electron chi connectivity index (χ2n) is 15.2. The number of benzene rings is 5. The van der Waals surface area contributed by atoms with Crippen LogP contribution in [-0.4, -0.2) is 6.71 Å². The van der Waals surface area contributed by atoms with Gasteiger partial charge in [0.05, 0.1) is 1.37 Å². The summed E-state index contributed by atoms with van der Waals surface area (Å²) in [6.07, 6.45) is 3.60. The van der Waals surface area contributed by atoms with Crippen LogP contribution < -0.4 is 26.0 Å². The number of thiophene rings is 1. The predicted octanol–water partition coefficient (Wildman–Crippen LogP) is 9.54. The van der Waals surface area contributed by atoms with Crippen molar-refractivity contribution in [3.05, 3.63) is 107 Å². The summed E-state index contributed by atoms with van der Waals surface area (Å²) in [5.41, 5.74) is 12.8. The number of hydrogen-bond donors (Lipinski definition) is 0. The van der Waals surface area contributed by atoms with E-state index < -0.39 is 0 Å². The molecule has 0 radical (unpaired) electrons. The summed E-state index contributed by atoms with van der Waals surface area (Å²) in [5, 5.41) is 2.69. The fourth-order valence-corrected chi connectivity index (χ4v) is 9.27. The number of rotatable bonds is 1. The highest BCUT2D eigenvalue weighted by Crippen LogP contribution is 2.45. The number of hydrogen-bond acceptors (Lipinski definition) is 3. The smallest absolute Gasteiger partial charge is 0.257 e. The molecule has 0 fully saturated rings. The monoisotopic (exact) mass is 604 g/mol. The summed E-state index contributed by atoms with van der Waals surface area (Å²) in [5.74, 6) is 1.71. The molecule has 2 nitrogen and oxygen atoms in total. The van der Waals surface area contributed by atoms with E-state index in [2.05, 4.69) is 113 Å². The van der Waals surface area contributed by atoms with Crippen LogP contribution in [0.1, 0.15) is 71.6 Å². The molecular weight excluding hydrogens is 565 g/mol. The first-order valence-electron chi connectivity index (χ1n) is 16.8. The van der Waals surface area contributed by atoms with E-state index >= 15 is 0 Å². The van der Waals surface area contributed by atoms with Crippen molar-refractivity contribution in [2.75, 3.05) is 4.90 Å². The van der Waals surface area contributed by atoms with Crippen LogP contribution in [0.15, 0.2) is 84.9 Å².